The van der Waals surface area contributed by atoms with Crippen molar-refractivity contribution in [1.29, 1.82) is 0 Å². The van der Waals surface area contributed by atoms with E-state index in [0.29, 0.717) is 59.1 Å². The first-order valence-electron chi connectivity index (χ1n) is 11.0. The zero-order valence-corrected chi connectivity index (χ0v) is 18.4. The van der Waals surface area contributed by atoms with Crippen molar-refractivity contribution in [3.63, 3.8) is 0 Å². The largest absolute Gasteiger partial charge is 0.396 e. The van der Waals surface area contributed by atoms with Crippen LogP contribution in [0.5, 0.6) is 0 Å². The Morgan fingerprint density at radius 2 is 1.24 bits per heavy atom. The van der Waals surface area contributed by atoms with E-state index < -0.39 is 18.3 Å². The highest BCUT2D eigenvalue weighted by molar-refractivity contribution is 4.68. The van der Waals surface area contributed by atoms with Crippen LogP contribution in [0.15, 0.2) is 0 Å². The number of aliphatic hydroxyl groups is 3. The van der Waals surface area contributed by atoms with Gasteiger partial charge in [0.1, 0.15) is 6.10 Å². The standard InChI is InChI=1S/C21H44O8/c1-3-5-10-25-13-14-28-18-20(24)21(7-9-22)29-16-15-26-12-8-19(23)17-27-11-6-4-2/h19-24H,3-18H2,1-2H3. The molecule has 0 heterocycles. The van der Waals surface area contributed by atoms with Crippen LogP contribution in [0.4, 0.5) is 0 Å². The van der Waals surface area contributed by atoms with Gasteiger partial charge < -0.3 is 39.0 Å². The Labute approximate surface area is 176 Å². The molecule has 0 aliphatic carbocycles. The average Bonchev–Trinajstić information content (AvgIpc) is 2.72. The van der Waals surface area contributed by atoms with E-state index in [2.05, 4.69) is 13.8 Å². The number of unbranched alkanes of at least 4 members (excludes halogenated alkanes) is 2. The smallest absolute Gasteiger partial charge is 0.103 e. The SMILES string of the molecule is CCCCOCCOCC(O)C(CCO)OCCOCCC(O)COCCCC. The maximum Gasteiger partial charge on any atom is 0.103 e. The lowest BCUT2D eigenvalue weighted by Gasteiger charge is -2.23. The molecule has 176 valence electrons. The fourth-order valence-corrected chi connectivity index (χ4v) is 2.42. The second kappa shape index (κ2) is 22.4. The molecule has 29 heavy (non-hydrogen) atoms. The molecule has 0 aromatic heterocycles. The van der Waals surface area contributed by atoms with Crippen molar-refractivity contribution in [1.82, 2.24) is 0 Å². The normalized spacial score (nSPS) is 14.8. The Morgan fingerprint density at radius 1 is 0.655 bits per heavy atom. The number of hydrogen-bond acceptors (Lipinski definition) is 8. The topological polar surface area (TPSA) is 107 Å². The maximum absolute atomic E-state index is 10.2. The molecule has 0 rings (SSSR count). The summed E-state index contributed by atoms with van der Waals surface area (Å²) in [5.74, 6) is 0. The second-order valence-electron chi connectivity index (χ2n) is 7.01. The number of hydrogen-bond donors (Lipinski definition) is 3. The van der Waals surface area contributed by atoms with Gasteiger partial charge >= 0.3 is 0 Å². The quantitative estimate of drug-likeness (QED) is 0.212. The molecule has 0 amide bonds. The summed E-state index contributed by atoms with van der Waals surface area (Å²) in [5.41, 5.74) is 0. The third-order valence-corrected chi connectivity index (χ3v) is 4.25. The van der Waals surface area contributed by atoms with Gasteiger partial charge in [0.15, 0.2) is 0 Å². The van der Waals surface area contributed by atoms with E-state index in [9.17, 15) is 10.2 Å². The van der Waals surface area contributed by atoms with Gasteiger partial charge in [0.2, 0.25) is 0 Å². The van der Waals surface area contributed by atoms with Crippen molar-refractivity contribution in [3.05, 3.63) is 0 Å². The summed E-state index contributed by atoms with van der Waals surface area (Å²) >= 11 is 0. The van der Waals surface area contributed by atoms with Gasteiger partial charge in [-0.05, 0) is 25.7 Å². The first-order chi connectivity index (χ1) is 14.2. The van der Waals surface area contributed by atoms with Crippen LogP contribution in [0.2, 0.25) is 0 Å². The lowest BCUT2D eigenvalue weighted by molar-refractivity contribution is -0.0943. The molecule has 0 aliphatic heterocycles. The van der Waals surface area contributed by atoms with E-state index in [-0.39, 0.29) is 13.2 Å². The van der Waals surface area contributed by atoms with Crippen LogP contribution < -0.4 is 0 Å². The highest BCUT2D eigenvalue weighted by atomic mass is 16.5. The van der Waals surface area contributed by atoms with Crippen LogP contribution in [0.1, 0.15) is 52.4 Å². The first-order valence-corrected chi connectivity index (χ1v) is 11.0. The van der Waals surface area contributed by atoms with E-state index in [1.54, 1.807) is 0 Å². The molecular formula is C21H44O8. The molecule has 0 aromatic carbocycles. The van der Waals surface area contributed by atoms with E-state index in [1.165, 1.54) is 0 Å². The molecule has 0 aromatic rings. The zero-order chi connectivity index (χ0) is 21.6. The van der Waals surface area contributed by atoms with Gasteiger partial charge in [-0.15, -0.1) is 0 Å². The highest BCUT2D eigenvalue weighted by Crippen LogP contribution is 2.06. The van der Waals surface area contributed by atoms with Crippen LogP contribution in [0.3, 0.4) is 0 Å². The van der Waals surface area contributed by atoms with Crippen molar-refractivity contribution in [3.8, 4) is 0 Å². The minimum absolute atomic E-state index is 0.0765. The lowest BCUT2D eigenvalue weighted by atomic mass is 10.1. The number of ether oxygens (including phenoxy) is 5. The molecule has 8 heteroatoms. The second-order valence-corrected chi connectivity index (χ2v) is 7.01. The van der Waals surface area contributed by atoms with Crippen molar-refractivity contribution in [2.75, 3.05) is 66.1 Å². The molecule has 3 unspecified atom stereocenters. The van der Waals surface area contributed by atoms with Crippen LogP contribution >= 0.6 is 0 Å². The Kier molecular flexibility index (Phi) is 22.1. The predicted octanol–water partition coefficient (Wildman–Crippen LogP) is 1.53. The van der Waals surface area contributed by atoms with Crippen LogP contribution in [-0.4, -0.2) is 99.7 Å². The molecule has 3 N–H and O–H groups in total. The third-order valence-electron chi connectivity index (χ3n) is 4.25. The number of aliphatic hydroxyl groups excluding tert-OH is 3. The van der Waals surface area contributed by atoms with Crippen LogP contribution in [0.25, 0.3) is 0 Å². The van der Waals surface area contributed by atoms with Gasteiger partial charge in [-0.2, -0.15) is 0 Å². The monoisotopic (exact) mass is 424 g/mol. The van der Waals surface area contributed by atoms with E-state index in [4.69, 9.17) is 28.8 Å². The highest BCUT2D eigenvalue weighted by Gasteiger charge is 2.19. The van der Waals surface area contributed by atoms with Gasteiger partial charge in [-0.3, -0.25) is 0 Å². The van der Waals surface area contributed by atoms with Gasteiger partial charge in [-0.25, -0.2) is 0 Å². The first kappa shape index (κ1) is 28.7. The molecule has 3 atom stereocenters. The van der Waals surface area contributed by atoms with Crippen LogP contribution in [0, 0.1) is 0 Å². The minimum atomic E-state index is -0.820. The molecular weight excluding hydrogens is 380 g/mol. The molecule has 0 saturated heterocycles. The molecule has 0 saturated carbocycles. The summed E-state index contributed by atoms with van der Waals surface area (Å²) in [5, 5.41) is 29.1. The molecule has 0 bridgehead atoms. The Balaban J connectivity index is 3.70. The van der Waals surface area contributed by atoms with E-state index >= 15 is 0 Å². The molecule has 0 spiro atoms. The van der Waals surface area contributed by atoms with Gasteiger partial charge in [0.05, 0.1) is 51.8 Å². The van der Waals surface area contributed by atoms with Crippen LogP contribution in [-0.2, 0) is 23.7 Å². The summed E-state index contributed by atoms with van der Waals surface area (Å²) in [6.07, 6.45) is 3.17. The fourth-order valence-electron chi connectivity index (χ4n) is 2.42. The van der Waals surface area contributed by atoms with E-state index in [0.717, 1.165) is 32.3 Å². The van der Waals surface area contributed by atoms with Crippen molar-refractivity contribution in [2.45, 2.75) is 70.7 Å². The fraction of sp³-hybridized carbons (Fsp3) is 1.00. The summed E-state index contributed by atoms with van der Waals surface area (Å²) < 4.78 is 27.2. The Bertz CT molecular complexity index is 319. The van der Waals surface area contributed by atoms with Crippen molar-refractivity contribution in [2.24, 2.45) is 0 Å². The maximum atomic E-state index is 10.2. The molecule has 0 fully saturated rings. The zero-order valence-electron chi connectivity index (χ0n) is 18.4. The molecule has 0 aliphatic rings. The number of rotatable bonds is 23. The summed E-state index contributed by atoms with van der Waals surface area (Å²) in [7, 11) is 0. The predicted molar refractivity (Wildman–Crippen MR) is 111 cm³/mol. The molecule has 0 radical (unpaired) electrons. The Hall–Kier alpha value is -0.320. The van der Waals surface area contributed by atoms with Gasteiger partial charge in [0.25, 0.3) is 0 Å². The lowest BCUT2D eigenvalue weighted by Crippen LogP contribution is -2.35. The summed E-state index contributed by atoms with van der Waals surface area (Å²) in [6, 6.07) is 0. The van der Waals surface area contributed by atoms with Gasteiger partial charge in [0, 0.05) is 26.4 Å². The average molecular weight is 425 g/mol. The summed E-state index contributed by atoms with van der Waals surface area (Å²) in [6.45, 7) is 7.96. The molecule has 8 nitrogen and oxygen atoms in total. The summed E-state index contributed by atoms with van der Waals surface area (Å²) in [4.78, 5) is 0. The third kappa shape index (κ3) is 19.4. The van der Waals surface area contributed by atoms with E-state index in [1.807, 2.05) is 0 Å². The van der Waals surface area contributed by atoms with Crippen molar-refractivity contribution >= 4 is 0 Å². The minimum Gasteiger partial charge on any atom is -0.396 e. The Morgan fingerprint density at radius 3 is 1.93 bits per heavy atom. The van der Waals surface area contributed by atoms with Crippen molar-refractivity contribution < 1.29 is 39.0 Å². The van der Waals surface area contributed by atoms with Gasteiger partial charge in [-0.1, -0.05) is 26.7 Å².